The molecule has 1 fully saturated rings. The maximum absolute atomic E-state index is 13.0. The molecule has 0 aliphatic carbocycles. The van der Waals surface area contributed by atoms with Gasteiger partial charge in [0.15, 0.2) is 0 Å². The van der Waals surface area contributed by atoms with Crippen molar-refractivity contribution in [3.05, 3.63) is 36.4 Å². The van der Waals surface area contributed by atoms with Crippen molar-refractivity contribution >= 4 is 26.5 Å². The number of ether oxygens (including phenoxy) is 2. The number of nitrogens with zero attached hydrogens (tertiary/aromatic N) is 1. The third kappa shape index (κ3) is 3.84. The lowest BCUT2D eigenvalue weighted by Gasteiger charge is -2.27. The van der Waals surface area contributed by atoms with Crippen molar-refractivity contribution in [2.24, 2.45) is 0 Å². The van der Waals surface area contributed by atoms with Gasteiger partial charge in [-0.25, -0.2) is 13.1 Å². The van der Waals surface area contributed by atoms with Crippen LogP contribution in [0.25, 0.3) is 10.8 Å². The van der Waals surface area contributed by atoms with Crippen LogP contribution < -0.4 is 9.62 Å². The van der Waals surface area contributed by atoms with Crippen LogP contribution in [0.2, 0.25) is 0 Å². The summed E-state index contributed by atoms with van der Waals surface area (Å²) in [5.41, 5.74) is 0.880. The summed E-state index contributed by atoms with van der Waals surface area (Å²) in [6.45, 7) is -1.00. The predicted molar refractivity (Wildman–Crippen MR) is 107 cm³/mol. The first kappa shape index (κ1) is 21.9. The van der Waals surface area contributed by atoms with Crippen molar-refractivity contribution in [3.63, 3.8) is 0 Å². The summed E-state index contributed by atoms with van der Waals surface area (Å²) in [7, 11) is 1.02. The normalized spacial score (nSPS) is 27.4. The standard InChI is InChI=1S/C19H26N2O7S/c1-21(2)14-8-4-7-13-12(14)6-5-9-16(13)29(25,26)20-10-15-17(23)18(24)19(11-22,27-3)28-15/h4-9,15,17-18,20,22-24H,10-11H2,1-3H3/t15-,17-,18+,19-/m1/s1. The zero-order valence-electron chi connectivity index (χ0n) is 16.4. The number of benzene rings is 2. The van der Waals surface area contributed by atoms with Gasteiger partial charge in [0, 0.05) is 44.2 Å². The van der Waals surface area contributed by atoms with Gasteiger partial charge < -0.3 is 29.7 Å². The third-order valence-corrected chi connectivity index (χ3v) is 6.66. The van der Waals surface area contributed by atoms with Crippen molar-refractivity contribution in [2.45, 2.75) is 29.0 Å². The molecule has 4 atom stereocenters. The number of anilines is 1. The van der Waals surface area contributed by atoms with Gasteiger partial charge in [0.05, 0.1) is 4.90 Å². The molecule has 0 saturated carbocycles. The fraction of sp³-hybridized carbons (Fsp3) is 0.474. The van der Waals surface area contributed by atoms with Gasteiger partial charge in [-0.05, 0) is 12.1 Å². The molecule has 0 bridgehead atoms. The van der Waals surface area contributed by atoms with Gasteiger partial charge >= 0.3 is 0 Å². The molecule has 0 spiro atoms. The van der Waals surface area contributed by atoms with E-state index in [0.29, 0.717) is 5.39 Å². The van der Waals surface area contributed by atoms with E-state index in [0.717, 1.165) is 11.1 Å². The first-order chi connectivity index (χ1) is 13.7. The molecule has 29 heavy (non-hydrogen) atoms. The number of nitrogens with one attached hydrogen (secondary N) is 1. The van der Waals surface area contributed by atoms with Crippen molar-refractivity contribution in [2.75, 3.05) is 39.3 Å². The van der Waals surface area contributed by atoms with Crippen LogP contribution in [0.3, 0.4) is 0 Å². The Balaban J connectivity index is 1.87. The molecule has 10 heteroatoms. The molecule has 3 rings (SSSR count). The monoisotopic (exact) mass is 426 g/mol. The smallest absolute Gasteiger partial charge is 0.241 e. The Kier molecular flexibility index (Phi) is 6.16. The zero-order valence-corrected chi connectivity index (χ0v) is 17.3. The molecule has 2 aromatic rings. The van der Waals surface area contributed by atoms with E-state index in [2.05, 4.69) is 4.72 Å². The van der Waals surface area contributed by atoms with Crippen molar-refractivity contribution < 1.29 is 33.2 Å². The second kappa shape index (κ2) is 8.15. The van der Waals surface area contributed by atoms with E-state index in [1.165, 1.54) is 13.2 Å². The van der Waals surface area contributed by atoms with Gasteiger partial charge in [0.25, 0.3) is 0 Å². The minimum atomic E-state index is -3.95. The molecular weight excluding hydrogens is 400 g/mol. The molecule has 4 N–H and O–H groups in total. The number of sulfonamides is 1. The lowest BCUT2D eigenvalue weighted by molar-refractivity contribution is -0.260. The Labute approximate surface area is 169 Å². The van der Waals surface area contributed by atoms with Crippen LogP contribution in [0.1, 0.15) is 0 Å². The molecule has 160 valence electrons. The zero-order chi connectivity index (χ0) is 21.4. The summed E-state index contributed by atoms with van der Waals surface area (Å²) in [6, 6.07) is 10.4. The fourth-order valence-electron chi connectivity index (χ4n) is 3.54. The van der Waals surface area contributed by atoms with E-state index in [1.807, 2.05) is 31.1 Å². The van der Waals surface area contributed by atoms with Crippen LogP contribution in [-0.4, -0.2) is 82.2 Å². The second-order valence-electron chi connectivity index (χ2n) is 7.14. The minimum absolute atomic E-state index is 0.0897. The Morgan fingerprint density at radius 3 is 2.41 bits per heavy atom. The first-order valence-corrected chi connectivity index (χ1v) is 10.5. The Hall–Kier alpha value is -1.79. The second-order valence-corrected chi connectivity index (χ2v) is 8.88. The van der Waals surface area contributed by atoms with E-state index in [4.69, 9.17) is 9.47 Å². The number of hydrogen-bond donors (Lipinski definition) is 4. The maximum atomic E-state index is 13.0. The van der Waals surface area contributed by atoms with E-state index in [-0.39, 0.29) is 11.4 Å². The van der Waals surface area contributed by atoms with Crippen LogP contribution >= 0.6 is 0 Å². The van der Waals surface area contributed by atoms with E-state index >= 15 is 0 Å². The first-order valence-electron chi connectivity index (χ1n) is 9.05. The predicted octanol–water partition coefficient (Wildman–Crippen LogP) is -0.360. The summed E-state index contributed by atoms with van der Waals surface area (Å²) in [4.78, 5) is 1.99. The lowest BCUT2D eigenvalue weighted by atomic mass is 10.1. The van der Waals surface area contributed by atoms with Crippen LogP contribution in [-0.2, 0) is 19.5 Å². The summed E-state index contributed by atoms with van der Waals surface area (Å²) < 4.78 is 38.8. The molecule has 1 aliphatic heterocycles. The van der Waals surface area contributed by atoms with Gasteiger partial charge in [-0.15, -0.1) is 0 Å². The molecule has 1 heterocycles. The number of aliphatic hydroxyl groups excluding tert-OH is 3. The lowest BCUT2D eigenvalue weighted by Crippen LogP contribution is -2.47. The molecule has 0 aromatic heterocycles. The minimum Gasteiger partial charge on any atom is -0.391 e. The Morgan fingerprint density at radius 2 is 1.83 bits per heavy atom. The molecular formula is C19H26N2O7S. The van der Waals surface area contributed by atoms with Crippen molar-refractivity contribution in [3.8, 4) is 0 Å². The number of aliphatic hydroxyl groups is 3. The third-order valence-electron chi connectivity index (χ3n) is 5.18. The molecule has 1 aliphatic rings. The molecule has 1 saturated heterocycles. The number of hydrogen-bond acceptors (Lipinski definition) is 8. The van der Waals surface area contributed by atoms with Crippen molar-refractivity contribution in [1.29, 1.82) is 0 Å². The number of fused-ring (bicyclic) bond motifs is 1. The van der Waals surface area contributed by atoms with Crippen LogP contribution in [0, 0.1) is 0 Å². The topological polar surface area (TPSA) is 129 Å². The Morgan fingerprint density at radius 1 is 1.17 bits per heavy atom. The van der Waals surface area contributed by atoms with Crippen molar-refractivity contribution in [1.82, 2.24) is 4.72 Å². The highest BCUT2D eigenvalue weighted by molar-refractivity contribution is 7.89. The molecule has 0 radical (unpaired) electrons. The Bertz CT molecular complexity index is 976. The van der Waals surface area contributed by atoms with E-state index < -0.39 is 40.7 Å². The molecule has 0 amide bonds. The molecule has 0 unspecified atom stereocenters. The highest BCUT2D eigenvalue weighted by Gasteiger charge is 2.54. The average Bonchev–Trinajstić information content (AvgIpc) is 2.96. The fourth-order valence-corrected chi connectivity index (χ4v) is 4.81. The van der Waals surface area contributed by atoms with Crippen LogP contribution in [0.4, 0.5) is 5.69 Å². The summed E-state index contributed by atoms with van der Waals surface area (Å²) in [6.07, 6.45) is -4.05. The van der Waals surface area contributed by atoms with Gasteiger partial charge in [-0.1, -0.05) is 24.3 Å². The maximum Gasteiger partial charge on any atom is 0.241 e. The van der Waals surface area contributed by atoms with Gasteiger partial charge in [-0.3, -0.25) is 0 Å². The highest BCUT2D eigenvalue weighted by atomic mass is 32.2. The summed E-state index contributed by atoms with van der Waals surface area (Å²) >= 11 is 0. The SMILES string of the molecule is CO[C@]1(CO)O[C@H](CNS(=O)(=O)c2cccc3c(N(C)C)cccc23)[C@@H](O)[C@@H]1O. The highest BCUT2D eigenvalue weighted by Crippen LogP contribution is 2.33. The molecule has 9 nitrogen and oxygen atoms in total. The quantitative estimate of drug-likeness (QED) is 0.473. The van der Waals surface area contributed by atoms with E-state index in [1.54, 1.807) is 18.2 Å². The summed E-state index contributed by atoms with van der Waals surface area (Å²) in [5.74, 6) is -1.80. The molecule has 2 aromatic carbocycles. The van der Waals surface area contributed by atoms with Crippen LogP contribution in [0.5, 0.6) is 0 Å². The average molecular weight is 426 g/mol. The van der Waals surface area contributed by atoms with Crippen LogP contribution in [0.15, 0.2) is 41.3 Å². The largest absolute Gasteiger partial charge is 0.391 e. The van der Waals surface area contributed by atoms with E-state index in [9.17, 15) is 23.7 Å². The number of rotatable bonds is 7. The summed E-state index contributed by atoms with van der Waals surface area (Å²) in [5, 5.41) is 31.1. The number of methoxy groups -OCH3 is 1. The van der Waals surface area contributed by atoms with Gasteiger partial charge in [0.1, 0.15) is 24.9 Å². The van der Waals surface area contributed by atoms with Gasteiger partial charge in [-0.2, -0.15) is 0 Å². The van der Waals surface area contributed by atoms with Gasteiger partial charge in [0.2, 0.25) is 15.8 Å².